The molecular weight excluding hydrogens is 384 g/mol. The zero-order chi connectivity index (χ0) is 20.9. The lowest BCUT2D eigenvalue weighted by Crippen LogP contribution is -2.29. The number of hydrogen-bond acceptors (Lipinski definition) is 3. The van der Waals surface area contributed by atoms with Gasteiger partial charge >= 0.3 is 0 Å². The van der Waals surface area contributed by atoms with Crippen LogP contribution in [0.4, 0.5) is 5.69 Å². The fraction of sp³-hybridized carbons (Fsp3) is 0.348. The second kappa shape index (κ2) is 9.27. The summed E-state index contributed by atoms with van der Waals surface area (Å²) in [6, 6.07) is 14.5. The minimum Gasteiger partial charge on any atom is -0.348 e. The number of amides is 1. The second-order valence-electron chi connectivity index (χ2n) is 7.60. The summed E-state index contributed by atoms with van der Waals surface area (Å²) in [6.07, 6.45) is 7.99. The minimum absolute atomic E-state index is 0.110. The van der Waals surface area contributed by atoms with Crippen molar-refractivity contribution in [2.75, 3.05) is 17.1 Å². The van der Waals surface area contributed by atoms with Crippen LogP contribution in [0.25, 0.3) is 0 Å². The summed E-state index contributed by atoms with van der Waals surface area (Å²) in [5.41, 5.74) is 4.32. The largest absolute Gasteiger partial charge is 0.348 e. The van der Waals surface area contributed by atoms with E-state index in [0.29, 0.717) is 17.8 Å². The zero-order valence-electron chi connectivity index (χ0n) is 17.0. The first-order valence-electron chi connectivity index (χ1n) is 9.92. The summed E-state index contributed by atoms with van der Waals surface area (Å²) in [7, 11) is -3.43. The van der Waals surface area contributed by atoms with Gasteiger partial charge in [0, 0.05) is 12.1 Å². The Bertz CT molecular complexity index is 995. The van der Waals surface area contributed by atoms with Crippen LogP contribution in [0.3, 0.4) is 0 Å². The van der Waals surface area contributed by atoms with Crippen LogP contribution in [0.5, 0.6) is 0 Å². The van der Waals surface area contributed by atoms with Crippen molar-refractivity contribution in [3.05, 3.63) is 76.9 Å². The van der Waals surface area contributed by atoms with E-state index < -0.39 is 10.0 Å². The van der Waals surface area contributed by atoms with Crippen LogP contribution in [0, 0.1) is 6.92 Å². The van der Waals surface area contributed by atoms with Crippen LogP contribution < -0.4 is 9.62 Å². The molecule has 6 heteroatoms. The van der Waals surface area contributed by atoms with Crippen molar-refractivity contribution in [1.29, 1.82) is 0 Å². The number of anilines is 1. The number of carbonyl (C=O) groups is 1. The lowest BCUT2D eigenvalue weighted by atomic mass is 9.99. The highest BCUT2D eigenvalue weighted by Crippen LogP contribution is 2.22. The number of rotatable bonds is 7. The Labute approximate surface area is 173 Å². The van der Waals surface area contributed by atoms with Crippen molar-refractivity contribution < 1.29 is 13.2 Å². The van der Waals surface area contributed by atoms with Crippen LogP contribution in [0.15, 0.2) is 60.2 Å². The van der Waals surface area contributed by atoms with Crippen molar-refractivity contribution in [2.24, 2.45) is 0 Å². The molecule has 2 aromatic rings. The molecule has 1 amide bonds. The number of nitrogens with zero attached hydrogens (tertiary/aromatic N) is 1. The first-order chi connectivity index (χ1) is 13.8. The number of nitrogens with one attached hydrogen (secondary N) is 1. The van der Waals surface area contributed by atoms with E-state index in [4.69, 9.17) is 0 Å². The molecule has 0 saturated heterocycles. The highest BCUT2D eigenvalue weighted by molar-refractivity contribution is 7.92. The maximum Gasteiger partial charge on any atom is 0.251 e. The van der Waals surface area contributed by atoms with Gasteiger partial charge in [0.2, 0.25) is 10.0 Å². The molecule has 0 fully saturated rings. The summed E-state index contributed by atoms with van der Waals surface area (Å²) < 4.78 is 26.0. The smallest absolute Gasteiger partial charge is 0.251 e. The molecule has 0 saturated carbocycles. The molecule has 0 aliphatic heterocycles. The zero-order valence-corrected chi connectivity index (χ0v) is 17.8. The quantitative estimate of drug-likeness (QED) is 0.694. The second-order valence-corrected chi connectivity index (χ2v) is 9.50. The Balaban J connectivity index is 1.68. The molecule has 0 aromatic heterocycles. The van der Waals surface area contributed by atoms with Crippen molar-refractivity contribution in [3.63, 3.8) is 0 Å². The number of aryl methyl sites for hydroxylation is 1. The number of allylic oxidation sites excluding steroid dienone is 1. The lowest BCUT2D eigenvalue weighted by Gasteiger charge is -2.23. The molecule has 0 unspecified atom stereocenters. The van der Waals surface area contributed by atoms with Gasteiger partial charge in [0.1, 0.15) is 0 Å². The van der Waals surface area contributed by atoms with E-state index in [1.54, 1.807) is 18.2 Å². The summed E-state index contributed by atoms with van der Waals surface area (Å²) in [5, 5.41) is 2.97. The van der Waals surface area contributed by atoms with E-state index in [9.17, 15) is 13.2 Å². The molecule has 0 bridgehead atoms. The van der Waals surface area contributed by atoms with E-state index in [-0.39, 0.29) is 12.5 Å². The fourth-order valence-electron chi connectivity index (χ4n) is 3.47. The molecule has 0 spiro atoms. The highest BCUT2D eigenvalue weighted by atomic mass is 32.2. The molecule has 2 aromatic carbocycles. The van der Waals surface area contributed by atoms with Gasteiger partial charge in [-0.3, -0.25) is 9.10 Å². The van der Waals surface area contributed by atoms with Crippen molar-refractivity contribution >= 4 is 21.6 Å². The predicted octanol–water partition coefficient (Wildman–Crippen LogP) is 4.19. The third kappa shape index (κ3) is 5.94. The standard InChI is InChI=1S/C23H28N2O3S/c1-18-7-6-10-22(15-18)25(29(2,27)28)17-20-11-13-21(14-12-20)23(26)24-16-19-8-4-3-5-9-19/h6-8,10-15H,3-5,9,16-17H2,1-2H3,(H,24,26). The lowest BCUT2D eigenvalue weighted by molar-refractivity contribution is 0.0956. The fourth-order valence-corrected chi connectivity index (χ4v) is 4.35. The molecule has 0 atom stereocenters. The summed E-state index contributed by atoms with van der Waals surface area (Å²) in [6.45, 7) is 2.74. The summed E-state index contributed by atoms with van der Waals surface area (Å²) in [4.78, 5) is 12.4. The van der Waals surface area contributed by atoms with E-state index in [1.165, 1.54) is 29.0 Å². The Morgan fingerprint density at radius 3 is 2.48 bits per heavy atom. The topological polar surface area (TPSA) is 66.5 Å². The highest BCUT2D eigenvalue weighted by Gasteiger charge is 2.18. The molecule has 1 aliphatic rings. The van der Waals surface area contributed by atoms with E-state index >= 15 is 0 Å². The van der Waals surface area contributed by atoms with Gasteiger partial charge in [0.05, 0.1) is 18.5 Å². The predicted molar refractivity (Wildman–Crippen MR) is 118 cm³/mol. The SMILES string of the molecule is Cc1cccc(N(Cc2ccc(C(=O)NCC3=CCCCC3)cc2)S(C)(=O)=O)c1. The van der Waals surface area contributed by atoms with Crippen molar-refractivity contribution in [3.8, 4) is 0 Å². The van der Waals surface area contributed by atoms with Gasteiger partial charge < -0.3 is 5.32 Å². The van der Waals surface area contributed by atoms with Gasteiger partial charge in [-0.25, -0.2) is 8.42 Å². The Hall–Kier alpha value is -2.60. The molecule has 0 radical (unpaired) electrons. The first kappa shape index (κ1) is 21.1. The van der Waals surface area contributed by atoms with Gasteiger partial charge in [0.15, 0.2) is 0 Å². The van der Waals surface area contributed by atoms with Gasteiger partial charge in [-0.2, -0.15) is 0 Å². The van der Waals surface area contributed by atoms with Crippen LogP contribution >= 0.6 is 0 Å². The van der Waals surface area contributed by atoms with E-state index in [1.807, 2.05) is 37.3 Å². The van der Waals surface area contributed by atoms with E-state index in [0.717, 1.165) is 24.0 Å². The van der Waals surface area contributed by atoms with Crippen molar-refractivity contribution in [1.82, 2.24) is 5.32 Å². The number of sulfonamides is 1. The Kier molecular flexibility index (Phi) is 6.75. The Morgan fingerprint density at radius 2 is 1.86 bits per heavy atom. The molecule has 0 heterocycles. The maximum atomic E-state index is 12.4. The Morgan fingerprint density at radius 1 is 1.10 bits per heavy atom. The first-order valence-corrected chi connectivity index (χ1v) is 11.8. The molecule has 5 nitrogen and oxygen atoms in total. The van der Waals surface area contributed by atoms with Crippen LogP contribution in [-0.2, 0) is 16.6 Å². The minimum atomic E-state index is -3.43. The number of carbonyl (C=O) groups excluding carboxylic acids is 1. The molecular formula is C23H28N2O3S. The monoisotopic (exact) mass is 412 g/mol. The maximum absolute atomic E-state index is 12.4. The molecule has 154 valence electrons. The average molecular weight is 413 g/mol. The molecule has 3 rings (SSSR count). The van der Waals surface area contributed by atoms with Crippen molar-refractivity contribution in [2.45, 2.75) is 39.2 Å². The summed E-state index contributed by atoms with van der Waals surface area (Å²) >= 11 is 0. The molecule has 1 aliphatic carbocycles. The van der Waals surface area contributed by atoms with Gasteiger partial charge in [-0.05, 0) is 68.0 Å². The molecule has 29 heavy (non-hydrogen) atoms. The van der Waals surface area contributed by atoms with Crippen LogP contribution in [0.1, 0.15) is 47.2 Å². The van der Waals surface area contributed by atoms with Gasteiger partial charge in [0.25, 0.3) is 5.91 Å². The van der Waals surface area contributed by atoms with Crippen LogP contribution in [0.2, 0.25) is 0 Å². The molecule has 1 N–H and O–H groups in total. The van der Waals surface area contributed by atoms with E-state index in [2.05, 4.69) is 11.4 Å². The third-order valence-corrected chi connectivity index (χ3v) is 6.23. The third-order valence-electron chi connectivity index (χ3n) is 5.09. The van der Waals surface area contributed by atoms with Gasteiger partial charge in [-0.15, -0.1) is 0 Å². The summed E-state index contributed by atoms with van der Waals surface area (Å²) in [5.74, 6) is -0.110. The number of benzene rings is 2. The normalized spacial score (nSPS) is 14.2. The number of hydrogen-bond donors (Lipinski definition) is 1. The van der Waals surface area contributed by atoms with Crippen LogP contribution in [-0.4, -0.2) is 27.1 Å². The average Bonchev–Trinajstić information content (AvgIpc) is 2.70. The van der Waals surface area contributed by atoms with Gasteiger partial charge in [-0.1, -0.05) is 35.9 Å².